The zero-order chi connectivity index (χ0) is 15.4. The molecule has 0 amide bonds. The summed E-state index contributed by atoms with van der Waals surface area (Å²) in [4.78, 5) is 7.63. The van der Waals surface area contributed by atoms with Crippen molar-refractivity contribution in [3.63, 3.8) is 0 Å². The number of nitrogens with two attached hydrogens (primary N) is 1. The van der Waals surface area contributed by atoms with E-state index in [4.69, 9.17) is 5.73 Å². The van der Waals surface area contributed by atoms with Crippen LogP contribution in [0.4, 0.5) is 0 Å². The van der Waals surface area contributed by atoms with Crippen molar-refractivity contribution in [3.8, 4) is 0 Å². The third-order valence-corrected chi connectivity index (χ3v) is 5.06. The van der Waals surface area contributed by atoms with Gasteiger partial charge in [-0.3, -0.25) is 4.21 Å². The summed E-state index contributed by atoms with van der Waals surface area (Å²) in [6.45, 7) is 6.32. The molecule has 1 aliphatic rings. The van der Waals surface area contributed by atoms with E-state index in [1.54, 1.807) is 6.26 Å². The van der Waals surface area contributed by atoms with Gasteiger partial charge in [-0.25, -0.2) is 4.99 Å². The molecule has 1 fully saturated rings. The van der Waals surface area contributed by atoms with Crippen LogP contribution >= 0.6 is 0 Å². The van der Waals surface area contributed by atoms with E-state index in [0.29, 0.717) is 5.96 Å². The van der Waals surface area contributed by atoms with Gasteiger partial charge in [-0.05, 0) is 43.4 Å². The highest BCUT2D eigenvalue weighted by atomic mass is 32.2. The maximum Gasteiger partial charge on any atom is 0.191 e. The minimum Gasteiger partial charge on any atom is -0.370 e. The van der Waals surface area contributed by atoms with Gasteiger partial charge < -0.3 is 10.6 Å². The maximum absolute atomic E-state index is 11.4. The number of hydrogen-bond donors (Lipinski definition) is 1. The molecule has 0 aromatic heterocycles. The normalized spacial score (nSPS) is 20.3. The van der Waals surface area contributed by atoms with Gasteiger partial charge in [0, 0.05) is 35.0 Å². The molecular formula is C16H25N3OS. The van der Waals surface area contributed by atoms with E-state index in [-0.39, 0.29) is 6.04 Å². The molecule has 2 rings (SSSR count). The van der Waals surface area contributed by atoms with Gasteiger partial charge in [-0.2, -0.15) is 0 Å². The average molecular weight is 307 g/mol. The lowest BCUT2D eigenvalue weighted by Gasteiger charge is -2.31. The highest BCUT2D eigenvalue weighted by molar-refractivity contribution is 7.84. The number of rotatable bonds is 3. The lowest BCUT2D eigenvalue weighted by Crippen LogP contribution is -2.42. The Hall–Kier alpha value is -1.36. The molecule has 1 aromatic rings. The third kappa shape index (κ3) is 4.30. The SMILES string of the molecule is CC1CCN(C(N)=NC(C)c2ccc(S(C)=O)cc2)CC1. The van der Waals surface area contributed by atoms with Crippen molar-refractivity contribution in [2.75, 3.05) is 19.3 Å². The molecule has 1 heterocycles. The second-order valence-corrected chi connectivity index (χ2v) is 7.24. The van der Waals surface area contributed by atoms with Crippen LogP contribution in [0, 0.1) is 5.92 Å². The molecular weight excluding hydrogens is 282 g/mol. The lowest BCUT2D eigenvalue weighted by molar-refractivity contribution is 0.277. The molecule has 116 valence electrons. The molecule has 2 unspecified atom stereocenters. The minimum absolute atomic E-state index is 0.0173. The van der Waals surface area contributed by atoms with Gasteiger partial charge in [0.1, 0.15) is 0 Å². The van der Waals surface area contributed by atoms with Gasteiger partial charge in [0.15, 0.2) is 5.96 Å². The molecule has 1 aliphatic heterocycles. The van der Waals surface area contributed by atoms with Crippen LogP contribution in [0.2, 0.25) is 0 Å². The number of guanidine groups is 1. The van der Waals surface area contributed by atoms with Crippen molar-refractivity contribution in [2.24, 2.45) is 16.6 Å². The summed E-state index contributed by atoms with van der Waals surface area (Å²) in [7, 11) is -0.937. The topological polar surface area (TPSA) is 58.7 Å². The number of likely N-dealkylation sites (tertiary alicyclic amines) is 1. The molecule has 0 aliphatic carbocycles. The van der Waals surface area contributed by atoms with E-state index in [9.17, 15) is 4.21 Å². The van der Waals surface area contributed by atoms with E-state index < -0.39 is 10.8 Å². The Morgan fingerprint density at radius 2 is 1.90 bits per heavy atom. The number of benzene rings is 1. The van der Waals surface area contributed by atoms with E-state index >= 15 is 0 Å². The zero-order valence-corrected chi connectivity index (χ0v) is 13.9. The smallest absolute Gasteiger partial charge is 0.191 e. The fraction of sp³-hybridized carbons (Fsp3) is 0.562. The molecule has 21 heavy (non-hydrogen) atoms. The first-order chi connectivity index (χ1) is 9.97. The summed E-state index contributed by atoms with van der Waals surface area (Å²) >= 11 is 0. The van der Waals surface area contributed by atoms with Crippen molar-refractivity contribution < 1.29 is 4.21 Å². The van der Waals surface area contributed by atoms with Gasteiger partial charge in [-0.15, -0.1) is 0 Å². The number of hydrogen-bond acceptors (Lipinski definition) is 2. The van der Waals surface area contributed by atoms with Crippen LogP contribution in [-0.2, 0) is 10.8 Å². The Kier molecular flexibility index (Phi) is 5.39. The van der Waals surface area contributed by atoms with Crippen molar-refractivity contribution >= 4 is 16.8 Å². The van der Waals surface area contributed by atoms with E-state index in [1.807, 2.05) is 31.2 Å². The van der Waals surface area contributed by atoms with E-state index in [2.05, 4.69) is 16.8 Å². The standard InChI is InChI=1S/C16H25N3OS/c1-12-8-10-19(11-9-12)16(17)18-13(2)14-4-6-15(7-5-14)21(3)20/h4-7,12-13H,8-11H2,1-3H3,(H2,17,18). The Balaban J connectivity index is 2.03. The van der Waals surface area contributed by atoms with E-state index in [0.717, 1.165) is 29.5 Å². The van der Waals surface area contributed by atoms with E-state index in [1.165, 1.54) is 12.8 Å². The Morgan fingerprint density at radius 1 is 1.33 bits per heavy atom. The van der Waals surface area contributed by atoms with Crippen molar-refractivity contribution in [1.82, 2.24) is 4.90 Å². The van der Waals surface area contributed by atoms with Gasteiger partial charge in [0.05, 0.1) is 6.04 Å². The Bertz CT molecular complexity index is 519. The monoisotopic (exact) mass is 307 g/mol. The first-order valence-electron chi connectivity index (χ1n) is 7.49. The van der Waals surface area contributed by atoms with Crippen LogP contribution < -0.4 is 5.73 Å². The summed E-state index contributed by atoms with van der Waals surface area (Å²) < 4.78 is 11.4. The largest absolute Gasteiger partial charge is 0.370 e. The van der Waals surface area contributed by atoms with Gasteiger partial charge >= 0.3 is 0 Å². The average Bonchev–Trinajstić information content (AvgIpc) is 2.47. The minimum atomic E-state index is -0.937. The summed E-state index contributed by atoms with van der Waals surface area (Å²) in [6.07, 6.45) is 4.05. The molecule has 1 saturated heterocycles. The molecule has 5 heteroatoms. The Labute approximate surface area is 129 Å². The second kappa shape index (κ2) is 7.07. The van der Waals surface area contributed by atoms with Crippen LogP contribution in [0.15, 0.2) is 34.2 Å². The van der Waals surface area contributed by atoms with Crippen LogP contribution in [0.25, 0.3) is 0 Å². The predicted molar refractivity (Wildman–Crippen MR) is 88.8 cm³/mol. The molecule has 2 atom stereocenters. The molecule has 0 saturated carbocycles. The second-order valence-electron chi connectivity index (χ2n) is 5.86. The quantitative estimate of drug-likeness (QED) is 0.689. The highest BCUT2D eigenvalue weighted by Gasteiger charge is 2.17. The van der Waals surface area contributed by atoms with Crippen LogP contribution in [0.3, 0.4) is 0 Å². The predicted octanol–water partition coefficient (Wildman–Crippen LogP) is 2.53. The lowest BCUT2D eigenvalue weighted by atomic mass is 10.00. The fourth-order valence-corrected chi connectivity index (χ4v) is 3.05. The van der Waals surface area contributed by atoms with Crippen LogP contribution in [0.1, 0.15) is 38.3 Å². The van der Waals surface area contributed by atoms with Crippen molar-refractivity contribution in [2.45, 2.75) is 37.6 Å². The maximum atomic E-state index is 11.4. The number of nitrogens with zero attached hydrogens (tertiary/aromatic N) is 2. The molecule has 0 radical (unpaired) electrons. The van der Waals surface area contributed by atoms with Gasteiger partial charge in [0.25, 0.3) is 0 Å². The first-order valence-corrected chi connectivity index (χ1v) is 9.04. The van der Waals surface area contributed by atoms with Gasteiger partial charge in [0.2, 0.25) is 0 Å². The zero-order valence-electron chi connectivity index (χ0n) is 13.1. The highest BCUT2D eigenvalue weighted by Crippen LogP contribution is 2.20. The number of aliphatic imine (C=N–C) groups is 1. The van der Waals surface area contributed by atoms with Crippen LogP contribution in [0.5, 0.6) is 0 Å². The number of piperidine rings is 1. The Morgan fingerprint density at radius 3 is 2.43 bits per heavy atom. The fourth-order valence-electron chi connectivity index (χ4n) is 2.53. The molecule has 0 bridgehead atoms. The summed E-state index contributed by atoms with van der Waals surface area (Å²) in [6, 6.07) is 7.78. The van der Waals surface area contributed by atoms with Crippen LogP contribution in [-0.4, -0.2) is 34.4 Å². The van der Waals surface area contributed by atoms with Crippen molar-refractivity contribution in [3.05, 3.63) is 29.8 Å². The first kappa shape index (κ1) is 16.0. The van der Waals surface area contributed by atoms with Gasteiger partial charge in [-0.1, -0.05) is 19.1 Å². The summed E-state index contributed by atoms with van der Waals surface area (Å²) in [5.74, 6) is 1.42. The summed E-state index contributed by atoms with van der Waals surface area (Å²) in [5.41, 5.74) is 7.23. The summed E-state index contributed by atoms with van der Waals surface area (Å²) in [5, 5.41) is 0. The van der Waals surface area contributed by atoms with Crippen molar-refractivity contribution in [1.29, 1.82) is 0 Å². The molecule has 4 nitrogen and oxygen atoms in total. The molecule has 1 aromatic carbocycles. The third-order valence-electron chi connectivity index (χ3n) is 4.13. The molecule has 2 N–H and O–H groups in total. The molecule has 0 spiro atoms.